The van der Waals surface area contributed by atoms with Crippen molar-refractivity contribution in [2.45, 2.75) is 0 Å². The van der Waals surface area contributed by atoms with Crippen LogP contribution in [-0.4, -0.2) is 184 Å². The molecule has 0 amide bonds. The van der Waals surface area contributed by atoms with E-state index in [1.165, 1.54) is 0 Å². The fraction of sp³-hybridized carbons (Fsp3) is 0. The SMILES string of the molecule is O.O.O.O.O.O.O.O.O.O.O.O.[Na].[Na].[Na].[Na]. The first-order valence-corrected chi connectivity index (χ1v) is 0. The molecule has 0 heterocycles. The zero-order valence-electron chi connectivity index (χ0n) is 10.0. The maximum absolute atomic E-state index is 0. The van der Waals surface area contributed by atoms with Crippen molar-refractivity contribution in [3.05, 3.63) is 0 Å². The van der Waals surface area contributed by atoms with Gasteiger partial charge in [-0.3, -0.25) is 0 Å². The topological polar surface area (TPSA) is 378 Å². The van der Waals surface area contributed by atoms with Gasteiger partial charge in [0.05, 0.1) is 0 Å². The summed E-state index contributed by atoms with van der Waals surface area (Å²) in [6.07, 6.45) is 0. The van der Waals surface area contributed by atoms with Crippen LogP contribution in [0.25, 0.3) is 0 Å². The molecule has 0 aliphatic heterocycles. The van der Waals surface area contributed by atoms with E-state index >= 15 is 0 Å². The third kappa shape index (κ3) is 386. The minimum atomic E-state index is 0. The minimum absolute atomic E-state index is 0. The summed E-state index contributed by atoms with van der Waals surface area (Å²) in [7, 11) is 0. The summed E-state index contributed by atoms with van der Waals surface area (Å²) in [6.45, 7) is 0. The van der Waals surface area contributed by atoms with Crippen LogP contribution in [0.2, 0.25) is 0 Å². The van der Waals surface area contributed by atoms with Crippen LogP contribution in [0.1, 0.15) is 0 Å². The molecule has 0 saturated heterocycles. The second kappa shape index (κ2) is 459. The zero-order chi connectivity index (χ0) is 0. The van der Waals surface area contributed by atoms with Crippen molar-refractivity contribution in [2.75, 3.05) is 0 Å². The Morgan fingerprint density at radius 1 is 0.125 bits per heavy atom. The predicted octanol–water partition coefficient (Wildman–Crippen LogP) is -11.4. The van der Waals surface area contributed by atoms with Crippen LogP contribution >= 0.6 is 0 Å². The molecule has 0 aliphatic rings. The fourth-order valence-corrected chi connectivity index (χ4v) is 0. The second-order valence-electron chi connectivity index (χ2n) is 0. The maximum Gasteiger partial charge on any atom is 0 e. The van der Waals surface area contributed by atoms with Crippen LogP contribution in [0.4, 0.5) is 0 Å². The van der Waals surface area contributed by atoms with Gasteiger partial charge < -0.3 is 65.7 Å². The minimum Gasteiger partial charge on any atom is -0.412 e. The molecular weight excluding hydrogens is 284 g/mol. The van der Waals surface area contributed by atoms with E-state index in [4.69, 9.17) is 0 Å². The van der Waals surface area contributed by atoms with E-state index < -0.39 is 0 Å². The van der Waals surface area contributed by atoms with E-state index in [0.717, 1.165) is 0 Å². The van der Waals surface area contributed by atoms with Gasteiger partial charge in [-0.05, 0) is 0 Å². The smallest absolute Gasteiger partial charge is 0 e. The van der Waals surface area contributed by atoms with Gasteiger partial charge >= 0.3 is 0 Å². The molecule has 100 valence electrons. The van der Waals surface area contributed by atoms with Crippen LogP contribution in [-0.2, 0) is 0 Å². The fourth-order valence-electron chi connectivity index (χ4n) is 0. The largest absolute Gasteiger partial charge is 0.412 e. The van der Waals surface area contributed by atoms with Gasteiger partial charge in [0.1, 0.15) is 0 Å². The molecule has 0 aliphatic carbocycles. The summed E-state index contributed by atoms with van der Waals surface area (Å²) in [5.41, 5.74) is 0. The number of hydrogen-bond donors (Lipinski definition) is 0. The average molecular weight is 308 g/mol. The molecule has 12 nitrogen and oxygen atoms in total. The first kappa shape index (κ1) is 540. The van der Waals surface area contributed by atoms with E-state index in [-0.39, 0.29) is 184 Å². The molecule has 0 aromatic heterocycles. The van der Waals surface area contributed by atoms with Crippen LogP contribution in [0, 0.1) is 0 Å². The van der Waals surface area contributed by atoms with E-state index in [1.807, 2.05) is 0 Å². The molecule has 0 saturated carbocycles. The Bertz CT molecular complexity index is 13.0. The Balaban J connectivity index is 0. The molecule has 0 aromatic carbocycles. The van der Waals surface area contributed by atoms with Crippen molar-refractivity contribution < 1.29 is 65.7 Å². The molecule has 24 N–H and O–H groups in total. The second-order valence-corrected chi connectivity index (χ2v) is 0. The molecule has 0 aromatic rings. The Morgan fingerprint density at radius 3 is 0.125 bits per heavy atom. The quantitative estimate of drug-likeness (QED) is 0.375. The predicted molar refractivity (Wildman–Crippen MR) is 66.4 cm³/mol. The van der Waals surface area contributed by atoms with Crippen molar-refractivity contribution >= 4 is 118 Å². The van der Waals surface area contributed by atoms with Gasteiger partial charge in [-0.2, -0.15) is 0 Å². The van der Waals surface area contributed by atoms with Crippen molar-refractivity contribution in [1.82, 2.24) is 0 Å². The van der Waals surface area contributed by atoms with Crippen LogP contribution in [0.15, 0.2) is 0 Å². The molecule has 0 spiro atoms. The van der Waals surface area contributed by atoms with Gasteiger partial charge in [0.25, 0.3) is 0 Å². The van der Waals surface area contributed by atoms with E-state index in [2.05, 4.69) is 0 Å². The average Bonchev–Trinajstić information content (AvgIpc) is 0. The van der Waals surface area contributed by atoms with Crippen LogP contribution < -0.4 is 0 Å². The van der Waals surface area contributed by atoms with Gasteiger partial charge in [0, 0.05) is 118 Å². The van der Waals surface area contributed by atoms with E-state index in [0.29, 0.717) is 0 Å². The summed E-state index contributed by atoms with van der Waals surface area (Å²) < 4.78 is 0. The van der Waals surface area contributed by atoms with Crippen molar-refractivity contribution in [2.24, 2.45) is 0 Å². The summed E-state index contributed by atoms with van der Waals surface area (Å²) in [5.74, 6) is 0. The molecule has 0 rings (SSSR count). The molecular formula is H24Na4O12. The summed E-state index contributed by atoms with van der Waals surface area (Å²) in [4.78, 5) is 0. The van der Waals surface area contributed by atoms with Crippen molar-refractivity contribution in [1.29, 1.82) is 0 Å². The monoisotopic (exact) mass is 308 g/mol. The zero-order valence-corrected chi connectivity index (χ0v) is 18.0. The number of rotatable bonds is 0. The number of hydrogen-bond acceptors (Lipinski definition) is 0. The Morgan fingerprint density at radius 2 is 0.125 bits per heavy atom. The maximum atomic E-state index is 0. The summed E-state index contributed by atoms with van der Waals surface area (Å²) in [5, 5.41) is 0. The summed E-state index contributed by atoms with van der Waals surface area (Å²) >= 11 is 0. The third-order valence-corrected chi connectivity index (χ3v) is 0. The van der Waals surface area contributed by atoms with Crippen molar-refractivity contribution in [3.63, 3.8) is 0 Å². The van der Waals surface area contributed by atoms with Gasteiger partial charge in [0.15, 0.2) is 0 Å². The van der Waals surface area contributed by atoms with Crippen LogP contribution in [0.3, 0.4) is 0 Å². The van der Waals surface area contributed by atoms with E-state index in [1.54, 1.807) is 0 Å². The molecule has 0 atom stereocenters. The molecule has 16 heteroatoms. The molecule has 0 bridgehead atoms. The first-order chi connectivity index (χ1) is 0. The van der Waals surface area contributed by atoms with Gasteiger partial charge in [-0.25, -0.2) is 0 Å². The standard InChI is InChI=1S/4Na.12H2O/h;;;;12*1H2. The van der Waals surface area contributed by atoms with Gasteiger partial charge in [-0.1, -0.05) is 0 Å². The van der Waals surface area contributed by atoms with E-state index in [9.17, 15) is 0 Å². The van der Waals surface area contributed by atoms with Crippen molar-refractivity contribution in [3.8, 4) is 0 Å². The molecule has 0 unspecified atom stereocenters. The molecule has 0 fully saturated rings. The Labute approximate surface area is 181 Å². The normalized spacial score (nSPS) is 0. The summed E-state index contributed by atoms with van der Waals surface area (Å²) in [6, 6.07) is 0. The van der Waals surface area contributed by atoms with Gasteiger partial charge in [0.2, 0.25) is 0 Å². The Kier molecular flexibility index (Phi) is 15500. The van der Waals surface area contributed by atoms with Gasteiger partial charge in [-0.15, -0.1) is 0 Å². The van der Waals surface area contributed by atoms with Crippen LogP contribution in [0.5, 0.6) is 0 Å². The molecule has 4 radical (unpaired) electrons. The molecule has 16 heavy (non-hydrogen) atoms. The Hall–Kier alpha value is 3.52. The first-order valence-electron chi connectivity index (χ1n) is 0. The third-order valence-electron chi connectivity index (χ3n) is 0.